The van der Waals surface area contributed by atoms with Crippen molar-refractivity contribution in [2.45, 2.75) is 0 Å². The SMILES string of the molecule is O=P(c1ccccc1)(c1cncc(N(c2ccccc2)c2ccccc2)n1)c1cncc(N(c2ccccc2)c2ccccc2)n1. The van der Waals surface area contributed by atoms with Gasteiger partial charge in [0.1, 0.15) is 10.9 Å². The van der Waals surface area contributed by atoms with Crippen LogP contribution < -0.4 is 26.0 Å². The van der Waals surface area contributed by atoms with Gasteiger partial charge in [-0.05, 0) is 48.5 Å². The molecule has 0 N–H and O–H groups in total. The van der Waals surface area contributed by atoms with Crippen molar-refractivity contribution < 1.29 is 4.57 Å². The Labute approximate surface area is 267 Å². The van der Waals surface area contributed by atoms with E-state index in [2.05, 4.69) is 9.97 Å². The Morgan fingerprint density at radius 3 is 1.02 bits per heavy atom. The van der Waals surface area contributed by atoms with Gasteiger partial charge in [0.15, 0.2) is 11.6 Å². The predicted molar refractivity (Wildman–Crippen MR) is 186 cm³/mol. The summed E-state index contributed by atoms with van der Waals surface area (Å²) in [5, 5.41) is 0.588. The maximum absolute atomic E-state index is 15.7. The third-order valence-corrected chi connectivity index (χ3v) is 10.2. The number of rotatable bonds is 9. The standard InChI is InChI=1S/C38H29N6OP/c45-46(34-24-14-5-15-25-34,37-28-39-26-35(41-37)43(30-16-6-1-7-17-30)31-18-8-2-9-19-31)38-29-40-27-36(42-38)44(32-20-10-3-11-21-32)33-22-12-4-13-23-33/h1-29H. The fourth-order valence-electron chi connectivity index (χ4n) is 5.37. The van der Waals surface area contributed by atoms with Gasteiger partial charge < -0.3 is 4.57 Å². The van der Waals surface area contributed by atoms with Crippen LogP contribution in [0, 0.1) is 0 Å². The molecule has 2 heterocycles. The van der Waals surface area contributed by atoms with Crippen LogP contribution in [-0.2, 0) is 4.57 Å². The summed E-state index contributed by atoms with van der Waals surface area (Å²) in [6.07, 6.45) is 6.53. The first kappa shape index (κ1) is 28.8. The second kappa shape index (κ2) is 13.0. The van der Waals surface area contributed by atoms with Gasteiger partial charge in [-0.2, -0.15) is 0 Å². The molecule has 46 heavy (non-hydrogen) atoms. The quantitative estimate of drug-likeness (QED) is 0.153. The lowest BCUT2D eigenvalue weighted by atomic mass is 10.2. The van der Waals surface area contributed by atoms with Crippen LogP contribution in [0.4, 0.5) is 34.4 Å². The van der Waals surface area contributed by atoms with Crippen molar-refractivity contribution in [1.82, 2.24) is 19.9 Å². The summed E-state index contributed by atoms with van der Waals surface area (Å²) < 4.78 is 15.7. The second-order valence-electron chi connectivity index (χ2n) is 10.4. The van der Waals surface area contributed by atoms with E-state index in [1.165, 1.54) is 0 Å². The number of para-hydroxylation sites is 4. The molecule has 2 aromatic heterocycles. The third kappa shape index (κ3) is 5.68. The van der Waals surface area contributed by atoms with Crippen molar-refractivity contribution >= 4 is 57.7 Å². The molecule has 0 spiro atoms. The molecule has 7 aromatic rings. The van der Waals surface area contributed by atoms with Crippen molar-refractivity contribution in [1.29, 1.82) is 0 Å². The smallest absolute Gasteiger partial charge is 0.209 e. The van der Waals surface area contributed by atoms with Crippen molar-refractivity contribution in [3.8, 4) is 0 Å². The number of hydrogen-bond acceptors (Lipinski definition) is 7. The van der Waals surface area contributed by atoms with Crippen LogP contribution in [0.25, 0.3) is 0 Å². The number of anilines is 6. The number of aromatic nitrogens is 4. The Hall–Kier alpha value is -5.91. The fraction of sp³-hybridized carbons (Fsp3) is 0. The maximum Gasteiger partial charge on any atom is 0.209 e. The Kier molecular flexibility index (Phi) is 8.14. The lowest BCUT2D eigenvalue weighted by Crippen LogP contribution is -2.31. The number of hydrogen-bond donors (Lipinski definition) is 0. The molecule has 222 valence electrons. The zero-order valence-electron chi connectivity index (χ0n) is 24.8. The summed E-state index contributed by atoms with van der Waals surface area (Å²) in [6.45, 7) is 0. The van der Waals surface area contributed by atoms with Gasteiger partial charge >= 0.3 is 0 Å². The molecule has 0 unspecified atom stereocenters. The van der Waals surface area contributed by atoms with Gasteiger partial charge in [0.2, 0.25) is 7.14 Å². The molecule has 0 amide bonds. The van der Waals surface area contributed by atoms with Crippen LogP contribution in [0.2, 0.25) is 0 Å². The molecule has 0 aliphatic rings. The molecular formula is C38H29N6OP. The predicted octanol–water partition coefficient (Wildman–Crippen LogP) is 7.85. The van der Waals surface area contributed by atoms with E-state index in [-0.39, 0.29) is 0 Å². The molecule has 7 rings (SSSR count). The van der Waals surface area contributed by atoms with Gasteiger partial charge in [0.05, 0.1) is 24.8 Å². The van der Waals surface area contributed by atoms with E-state index in [9.17, 15) is 0 Å². The topological polar surface area (TPSA) is 75.1 Å². The van der Waals surface area contributed by atoms with Gasteiger partial charge in [-0.1, -0.05) is 103 Å². The first-order chi connectivity index (χ1) is 22.7. The average Bonchev–Trinajstić information content (AvgIpc) is 3.14. The summed E-state index contributed by atoms with van der Waals surface area (Å²) >= 11 is 0. The lowest BCUT2D eigenvalue weighted by Gasteiger charge is -2.26. The van der Waals surface area contributed by atoms with Gasteiger partial charge in [0.25, 0.3) is 0 Å². The van der Waals surface area contributed by atoms with Crippen molar-refractivity contribution in [3.05, 3.63) is 176 Å². The third-order valence-electron chi connectivity index (χ3n) is 7.50. The largest absolute Gasteiger partial charge is 0.305 e. The zero-order valence-corrected chi connectivity index (χ0v) is 25.7. The molecule has 0 aliphatic carbocycles. The van der Waals surface area contributed by atoms with Crippen LogP contribution >= 0.6 is 7.14 Å². The summed E-state index contributed by atoms with van der Waals surface area (Å²) in [5.74, 6) is 1.07. The first-order valence-electron chi connectivity index (χ1n) is 14.8. The van der Waals surface area contributed by atoms with Gasteiger partial charge in [-0.3, -0.25) is 19.8 Å². The Balaban J connectivity index is 1.41. The molecule has 0 fully saturated rings. The minimum Gasteiger partial charge on any atom is -0.305 e. The molecule has 0 aliphatic heterocycles. The molecule has 8 heteroatoms. The molecule has 7 nitrogen and oxygen atoms in total. The van der Waals surface area contributed by atoms with Crippen LogP contribution in [0.1, 0.15) is 0 Å². The first-order valence-corrected chi connectivity index (χ1v) is 16.5. The Morgan fingerprint density at radius 2 is 0.696 bits per heavy atom. The van der Waals surface area contributed by atoms with E-state index in [4.69, 9.17) is 9.97 Å². The normalized spacial score (nSPS) is 11.1. The Bertz CT molecular complexity index is 1870. The fourth-order valence-corrected chi connectivity index (χ4v) is 7.67. The van der Waals surface area contributed by atoms with E-state index >= 15 is 4.57 Å². The summed E-state index contributed by atoms with van der Waals surface area (Å²) in [6, 6.07) is 49.1. The summed E-state index contributed by atoms with van der Waals surface area (Å²) in [4.78, 5) is 23.3. The van der Waals surface area contributed by atoms with Crippen molar-refractivity contribution in [3.63, 3.8) is 0 Å². The summed E-state index contributed by atoms with van der Waals surface area (Å²) in [5.41, 5.74) is 4.22. The van der Waals surface area contributed by atoms with E-state index in [0.717, 1.165) is 22.7 Å². The van der Waals surface area contributed by atoms with Gasteiger partial charge in [-0.15, -0.1) is 0 Å². The number of nitrogens with zero attached hydrogens (tertiary/aromatic N) is 6. The maximum atomic E-state index is 15.7. The van der Waals surface area contributed by atoms with E-state index in [1.54, 1.807) is 24.8 Å². The van der Waals surface area contributed by atoms with Crippen LogP contribution in [0.5, 0.6) is 0 Å². The van der Waals surface area contributed by atoms with Crippen LogP contribution in [0.15, 0.2) is 176 Å². The molecule has 0 saturated carbocycles. The lowest BCUT2D eigenvalue weighted by molar-refractivity contribution is 0.591. The highest BCUT2D eigenvalue weighted by molar-refractivity contribution is 7.84. The monoisotopic (exact) mass is 616 g/mol. The van der Waals surface area contributed by atoms with Gasteiger partial charge in [0, 0.05) is 28.1 Å². The van der Waals surface area contributed by atoms with E-state index in [0.29, 0.717) is 27.8 Å². The highest BCUT2D eigenvalue weighted by Crippen LogP contribution is 2.43. The molecule has 0 bridgehead atoms. The molecule has 0 radical (unpaired) electrons. The number of benzene rings is 5. The molecular weight excluding hydrogens is 587 g/mol. The van der Waals surface area contributed by atoms with E-state index in [1.807, 2.05) is 161 Å². The van der Waals surface area contributed by atoms with Crippen molar-refractivity contribution in [2.24, 2.45) is 0 Å². The minimum atomic E-state index is -3.68. The average molecular weight is 617 g/mol. The molecule has 0 atom stereocenters. The Morgan fingerprint density at radius 1 is 0.391 bits per heavy atom. The molecule has 5 aromatic carbocycles. The zero-order chi connectivity index (χ0) is 31.2. The highest BCUT2D eigenvalue weighted by atomic mass is 31.2. The second-order valence-corrected chi connectivity index (χ2v) is 13.1. The molecule has 0 saturated heterocycles. The van der Waals surface area contributed by atoms with E-state index < -0.39 is 7.14 Å². The van der Waals surface area contributed by atoms with Crippen LogP contribution in [0.3, 0.4) is 0 Å². The van der Waals surface area contributed by atoms with Crippen LogP contribution in [-0.4, -0.2) is 19.9 Å². The van der Waals surface area contributed by atoms with Crippen molar-refractivity contribution in [2.75, 3.05) is 9.80 Å². The highest BCUT2D eigenvalue weighted by Gasteiger charge is 2.35. The van der Waals surface area contributed by atoms with Gasteiger partial charge in [-0.25, -0.2) is 9.97 Å². The minimum absolute atomic E-state index is 0.311. The summed E-state index contributed by atoms with van der Waals surface area (Å²) in [7, 11) is -3.68.